The molecule has 0 spiro atoms. The number of aryl methyl sites for hydroxylation is 1. The molecule has 19 heavy (non-hydrogen) atoms. The minimum atomic E-state index is 0.647. The van der Waals surface area contributed by atoms with Crippen molar-refractivity contribution in [2.75, 3.05) is 6.67 Å². The van der Waals surface area contributed by atoms with Crippen LogP contribution in [0, 0.1) is 18.8 Å². The first-order chi connectivity index (χ1) is 9.16. The van der Waals surface area contributed by atoms with Crippen molar-refractivity contribution in [2.45, 2.75) is 33.1 Å². The van der Waals surface area contributed by atoms with E-state index in [0.717, 1.165) is 28.8 Å². The van der Waals surface area contributed by atoms with E-state index in [4.69, 9.17) is 0 Å². The van der Waals surface area contributed by atoms with E-state index in [1.54, 1.807) is 0 Å². The van der Waals surface area contributed by atoms with Gasteiger partial charge in [-0.1, -0.05) is 13.8 Å². The third kappa shape index (κ3) is 2.39. The minimum absolute atomic E-state index is 0.647. The molecule has 2 aliphatic rings. The molecule has 2 heterocycles. The highest BCUT2D eigenvalue weighted by Gasteiger charge is 2.41. The van der Waals surface area contributed by atoms with Crippen LogP contribution in [0.5, 0.6) is 0 Å². The molecule has 0 radical (unpaired) electrons. The zero-order valence-corrected chi connectivity index (χ0v) is 11.7. The third-order valence-corrected chi connectivity index (χ3v) is 4.08. The van der Waals surface area contributed by atoms with Crippen LogP contribution >= 0.6 is 0 Å². The van der Waals surface area contributed by atoms with Crippen LogP contribution in [-0.2, 0) is 0 Å². The maximum absolute atomic E-state index is 4.33. The molecule has 0 aromatic carbocycles. The van der Waals surface area contributed by atoms with E-state index in [1.807, 2.05) is 12.4 Å². The molecule has 1 aliphatic carbocycles. The molecule has 0 bridgehead atoms. The number of aliphatic imine (C=N–C) groups is 1. The summed E-state index contributed by atoms with van der Waals surface area (Å²) < 4.78 is 0. The molecule has 100 valence electrons. The quantitative estimate of drug-likeness (QED) is 0.904. The second kappa shape index (κ2) is 4.76. The van der Waals surface area contributed by atoms with Crippen LogP contribution in [0.15, 0.2) is 17.3 Å². The van der Waals surface area contributed by atoms with Crippen molar-refractivity contribution in [1.82, 2.24) is 15.5 Å². The maximum Gasteiger partial charge on any atom is 0.107 e. The van der Waals surface area contributed by atoms with Gasteiger partial charge in [0.25, 0.3) is 0 Å². The Morgan fingerprint density at radius 1 is 1.32 bits per heavy atom. The van der Waals surface area contributed by atoms with Gasteiger partial charge in [-0.15, -0.1) is 0 Å². The van der Waals surface area contributed by atoms with Crippen molar-refractivity contribution in [3.05, 3.63) is 29.2 Å². The Kier molecular flexibility index (Phi) is 3.09. The first-order valence-corrected chi connectivity index (χ1v) is 6.95. The predicted octanol–water partition coefficient (Wildman–Crippen LogP) is 2.52. The van der Waals surface area contributed by atoms with E-state index in [-0.39, 0.29) is 0 Å². The summed E-state index contributed by atoms with van der Waals surface area (Å²) >= 11 is 0. The van der Waals surface area contributed by atoms with Crippen molar-refractivity contribution in [1.29, 1.82) is 0 Å². The van der Waals surface area contributed by atoms with E-state index in [2.05, 4.69) is 47.3 Å². The van der Waals surface area contributed by atoms with Crippen molar-refractivity contribution in [3.63, 3.8) is 0 Å². The fourth-order valence-electron chi connectivity index (χ4n) is 2.82. The molecule has 2 atom stereocenters. The van der Waals surface area contributed by atoms with Crippen molar-refractivity contribution in [2.24, 2.45) is 16.8 Å². The van der Waals surface area contributed by atoms with Crippen LogP contribution in [0.25, 0.3) is 5.57 Å². The molecule has 0 unspecified atom stereocenters. The fourth-order valence-corrected chi connectivity index (χ4v) is 2.82. The van der Waals surface area contributed by atoms with Gasteiger partial charge in [-0.3, -0.25) is 4.99 Å². The fraction of sp³-hybridized carbons (Fsp3) is 0.533. The Morgan fingerprint density at radius 3 is 2.79 bits per heavy atom. The molecule has 3 rings (SSSR count). The highest BCUT2D eigenvalue weighted by molar-refractivity contribution is 6.09. The summed E-state index contributed by atoms with van der Waals surface area (Å²) in [6.07, 6.45) is 5.12. The molecule has 1 aromatic heterocycles. The lowest BCUT2D eigenvalue weighted by molar-refractivity contribution is 0.547. The molecule has 1 aromatic rings. The lowest BCUT2D eigenvalue weighted by Gasteiger charge is -2.10. The third-order valence-electron chi connectivity index (χ3n) is 4.08. The monoisotopic (exact) mass is 256 g/mol. The first kappa shape index (κ1) is 12.3. The summed E-state index contributed by atoms with van der Waals surface area (Å²) in [6.45, 7) is 7.31. The van der Waals surface area contributed by atoms with Gasteiger partial charge in [0, 0.05) is 18.0 Å². The highest BCUT2D eigenvalue weighted by Crippen LogP contribution is 2.52. The van der Waals surface area contributed by atoms with E-state index < -0.39 is 0 Å². The first-order valence-electron chi connectivity index (χ1n) is 6.95. The molecular formula is C15H20N4. The second-order valence-corrected chi connectivity index (χ2v) is 5.79. The molecule has 0 saturated heterocycles. The van der Waals surface area contributed by atoms with Crippen LogP contribution in [-0.4, -0.2) is 23.1 Å². The van der Waals surface area contributed by atoms with Gasteiger partial charge in [-0.2, -0.15) is 10.2 Å². The standard InChI is InChI=1S/C15H20N4/c1-9(2)12-4-14(12)13-5-15(19-18-10(13)3)11-6-16-8-17-7-11/h5-7,9,12,14,16H,4,8H2,1-3H3/t12-,14+/m1/s1. The normalized spacial score (nSPS) is 25.2. The van der Waals surface area contributed by atoms with Crippen LogP contribution in [0.3, 0.4) is 0 Å². The number of nitrogens with one attached hydrogen (secondary N) is 1. The SMILES string of the molecule is Cc1nnc(C2=CNCN=C2)cc1[C@H]1C[C@@H]1C(C)C. The molecular weight excluding hydrogens is 236 g/mol. The van der Waals surface area contributed by atoms with E-state index in [0.29, 0.717) is 12.6 Å². The lowest BCUT2D eigenvalue weighted by atomic mass is 10.0. The van der Waals surface area contributed by atoms with Gasteiger partial charge >= 0.3 is 0 Å². The van der Waals surface area contributed by atoms with Crippen LogP contribution in [0.4, 0.5) is 0 Å². The average molecular weight is 256 g/mol. The molecule has 1 aliphatic heterocycles. The summed E-state index contributed by atoms with van der Waals surface area (Å²) in [5.41, 5.74) is 4.37. The van der Waals surface area contributed by atoms with Crippen molar-refractivity contribution >= 4 is 11.8 Å². The van der Waals surface area contributed by atoms with Crippen LogP contribution in [0.1, 0.15) is 43.1 Å². The van der Waals surface area contributed by atoms with Gasteiger partial charge in [0.2, 0.25) is 0 Å². The summed E-state index contributed by atoms with van der Waals surface area (Å²) in [5, 5.41) is 11.7. The number of aromatic nitrogens is 2. The average Bonchev–Trinajstić information content (AvgIpc) is 3.21. The minimum Gasteiger partial charge on any atom is -0.372 e. The van der Waals surface area contributed by atoms with Gasteiger partial charge in [-0.05, 0) is 42.7 Å². The van der Waals surface area contributed by atoms with Gasteiger partial charge in [0.05, 0.1) is 11.4 Å². The lowest BCUT2D eigenvalue weighted by Crippen LogP contribution is -2.12. The molecule has 4 heteroatoms. The summed E-state index contributed by atoms with van der Waals surface area (Å²) in [5.74, 6) is 2.23. The Balaban J connectivity index is 1.89. The summed E-state index contributed by atoms with van der Waals surface area (Å²) in [7, 11) is 0. The molecule has 1 fully saturated rings. The smallest absolute Gasteiger partial charge is 0.107 e. The van der Waals surface area contributed by atoms with E-state index in [9.17, 15) is 0 Å². The second-order valence-electron chi connectivity index (χ2n) is 5.79. The molecule has 1 saturated carbocycles. The number of rotatable bonds is 3. The topological polar surface area (TPSA) is 50.2 Å². The Morgan fingerprint density at radius 2 is 2.16 bits per heavy atom. The number of nitrogens with zero attached hydrogens (tertiary/aromatic N) is 3. The van der Waals surface area contributed by atoms with Crippen molar-refractivity contribution < 1.29 is 0 Å². The van der Waals surface area contributed by atoms with Gasteiger partial charge in [0.15, 0.2) is 0 Å². The summed E-state index contributed by atoms with van der Waals surface area (Å²) in [4.78, 5) is 4.22. The zero-order valence-electron chi connectivity index (χ0n) is 11.7. The predicted molar refractivity (Wildman–Crippen MR) is 76.9 cm³/mol. The van der Waals surface area contributed by atoms with Crippen LogP contribution < -0.4 is 5.32 Å². The zero-order chi connectivity index (χ0) is 13.4. The van der Waals surface area contributed by atoms with Crippen molar-refractivity contribution in [3.8, 4) is 0 Å². The van der Waals surface area contributed by atoms with Crippen LogP contribution in [0.2, 0.25) is 0 Å². The summed E-state index contributed by atoms with van der Waals surface area (Å²) in [6, 6.07) is 2.19. The van der Waals surface area contributed by atoms with Gasteiger partial charge < -0.3 is 5.32 Å². The Hall–Kier alpha value is -1.71. The van der Waals surface area contributed by atoms with Gasteiger partial charge in [-0.25, -0.2) is 0 Å². The highest BCUT2D eigenvalue weighted by atomic mass is 15.1. The maximum atomic E-state index is 4.33. The largest absolute Gasteiger partial charge is 0.372 e. The Bertz CT molecular complexity index is 545. The number of hydrogen-bond donors (Lipinski definition) is 1. The number of allylic oxidation sites excluding steroid dienone is 1. The van der Waals surface area contributed by atoms with E-state index >= 15 is 0 Å². The van der Waals surface area contributed by atoms with Gasteiger partial charge in [0.1, 0.15) is 6.67 Å². The molecule has 1 N–H and O–H groups in total. The van der Waals surface area contributed by atoms with E-state index in [1.165, 1.54) is 12.0 Å². The molecule has 4 nitrogen and oxygen atoms in total. The number of hydrogen-bond acceptors (Lipinski definition) is 4. The molecule has 0 amide bonds. The Labute approximate surface area is 114 Å².